The maximum atomic E-state index is 6.19. The zero-order valence-electron chi connectivity index (χ0n) is 18.6. The number of hydrogen-bond acceptors (Lipinski definition) is 3. The van der Waals surface area contributed by atoms with Crippen molar-refractivity contribution in [1.82, 2.24) is 15.1 Å². The second kappa shape index (κ2) is 12.1. The first kappa shape index (κ1) is 24.4. The van der Waals surface area contributed by atoms with E-state index < -0.39 is 0 Å². The Morgan fingerprint density at radius 2 is 1.93 bits per heavy atom. The fourth-order valence-electron chi connectivity index (χ4n) is 4.70. The molecule has 2 aliphatic heterocycles. The van der Waals surface area contributed by atoms with Gasteiger partial charge in [0.1, 0.15) is 0 Å². The minimum atomic E-state index is 0. The third-order valence-corrected chi connectivity index (χ3v) is 6.38. The van der Waals surface area contributed by atoms with E-state index in [9.17, 15) is 0 Å². The van der Waals surface area contributed by atoms with Crippen LogP contribution >= 0.6 is 24.0 Å². The van der Waals surface area contributed by atoms with Gasteiger partial charge in [-0.3, -0.25) is 9.89 Å². The summed E-state index contributed by atoms with van der Waals surface area (Å²) in [5.74, 6) is 1.53. The highest BCUT2D eigenvalue weighted by molar-refractivity contribution is 14.0. The number of hydrogen-bond donors (Lipinski definition) is 1. The van der Waals surface area contributed by atoms with Gasteiger partial charge in [-0.15, -0.1) is 24.0 Å². The van der Waals surface area contributed by atoms with Crippen LogP contribution in [-0.2, 0) is 4.74 Å². The zero-order chi connectivity index (χ0) is 19.9. The molecule has 0 aliphatic carbocycles. The molecule has 2 heterocycles. The van der Waals surface area contributed by atoms with E-state index in [1.54, 1.807) is 0 Å². The maximum absolute atomic E-state index is 6.19. The van der Waals surface area contributed by atoms with Gasteiger partial charge >= 0.3 is 0 Å². The number of ether oxygens (including phenoxy) is 1. The smallest absolute Gasteiger partial charge is 0.193 e. The van der Waals surface area contributed by atoms with Crippen molar-refractivity contribution < 1.29 is 4.74 Å². The van der Waals surface area contributed by atoms with Gasteiger partial charge in [-0.2, -0.15) is 0 Å². The first-order valence-electron chi connectivity index (χ1n) is 11.0. The molecule has 2 saturated heterocycles. The number of halogens is 1. The summed E-state index contributed by atoms with van der Waals surface area (Å²) in [4.78, 5) is 9.57. The monoisotopic (exact) mass is 514 g/mol. The first-order valence-corrected chi connectivity index (χ1v) is 11.0. The number of aryl methyl sites for hydroxylation is 1. The average Bonchev–Trinajstić information content (AvgIpc) is 3.20. The largest absolute Gasteiger partial charge is 0.373 e. The average molecular weight is 514 g/mol. The minimum Gasteiger partial charge on any atom is -0.373 e. The Balaban J connectivity index is 0.00000300. The van der Waals surface area contributed by atoms with Crippen molar-refractivity contribution in [3.63, 3.8) is 0 Å². The summed E-state index contributed by atoms with van der Waals surface area (Å²) in [6.45, 7) is 12.8. The highest BCUT2D eigenvalue weighted by Gasteiger charge is 2.30. The number of nitrogens with zero attached hydrogens (tertiary/aromatic N) is 3. The summed E-state index contributed by atoms with van der Waals surface area (Å²) >= 11 is 0. The number of benzene rings is 1. The van der Waals surface area contributed by atoms with Crippen LogP contribution in [-0.4, -0.2) is 68.2 Å². The second-order valence-corrected chi connectivity index (χ2v) is 8.14. The topological polar surface area (TPSA) is 40.1 Å². The summed E-state index contributed by atoms with van der Waals surface area (Å²) in [5, 5.41) is 3.67. The van der Waals surface area contributed by atoms with Gasteiger partial charge in [0, 0.05) is 45.2 Å². The lowest BCUT2D eigenvalue weighted by Crippen LogP contribution is -2.45. The van der Waals surface area contributed by atoms with Crippen molar-refractivity contribution in [3.8, 4) is 0 Å². The van der Waals surface area contributed by atoms with Crippen LogP contribution in [0.25, 0.3) is 0 Å². The van der Waals surface area contributed by atoms with Gasteiger partial charge in [0.25, 0.3) is 0 Å². The van der Waals surface area contributed by atoms with Crippen LogP contribution in [0.15, 0.2) is 29.3 Å². The number of guanidine groups is 1. The Bertz CT molecular complexity index is 632. The summed E-state index contributed by atoms with van der Waals surface area (Å²) < 4.78 is 6.19. The van der Waals surface area contributed by atoms with Gasteiger partial charge in [-0.05, 0) is 44.8 Å². The van der Waals surface area contributed by atoms with Gasteiger partial charge in [0.15, 0.2) is 5.96 Å². The van der Waals surface area contributed by atoms with E-state index in [1.165, 1.54) is 24.0 Å². The summed E-state index contributed by atoms with van der Waals surface area (Å²) in [6, 6.07) is 9.47. The number of likely N-dealkylation sites (N-methyl/N-ethyl adjacent to an activating group) is 1. The Hall–Kier alpha value is -0.860. The van der Waals surface area contributed by atoms with Crippen molar-refractivity contribution in [2.45, 2.75) is 52.2 Å². The van der Waals surface area contributed by atoms with Crippen molar-refractivity contribution >= 4 is 29.9 Å². The maximum Gasteiger partial charge on any atom is 0.193 e. The van der Waals surface area contributed by atoms with Crippen molar-refractivity contribution in [2.75, 3.05) is 46.4 Å². The SMILES string of the molecule is CCN(CC)C1CCN(C(=NC)NCC2CCCOC2c2ccc(C)cc2)C1.I. The fraction of sp³-hybridized carbons (Fsp3) is 0.696. The Morgan fingerprint density at radius 3 is 2.59 bits per heavy atom. The predicted octanol–water partition coefficient (Wildman–Crippen LogP) is 4.07. The molecule has 3 unspecified atom stereocenters. The quantitative estimate of drug-likeness (QED) is 0.353. The number of nitrogens with one attached hydrogen (secondary N) is 1. The first-order chi connectivity index (χ1) is 13.7. The summed E-state index contributed by atoms with van der Waals surface area (Å²) in [7, 11) is 1.90. The highest BCUT2D eigenvalue weighted by Crippen LogP contribution is 2.33. The van der Waals surface area contributed by atoms with E-state index >= 15 is 0 Å². The van der Waals surface area contributed by atoms with E-state index in [2.05, 4.69) is 65.1 Å². The van der Waals surface area contributed by atoms with Crippen LogP contribution in [0.1, 0.15) is 50.3 Å². The molecule has 1 aromatic rings. The number of aliphatic imine (C=N–C) groups is 1. The highest BCUT2D eigenvalue weighted by atomic mass is 127. The lowest BCUT2D eigenvalue weighted by atomic mass is 9.89. The molecule has 5 nitrogen and oxygen atoms in total. The number of likely N-dealkylation sites (tertiary alicyclic amines) is 1. The molecule has 2 aliphatic rings. The number of rotatable bonds is 6. The third-order valence-electron chi connectivity index (χ3n) is 6.38. The lowest BCUT2D eigenvalue weighted by molar-refractivity contribution is -0.0266. The van der Waals surface area contributed by atoms with Gasteiger partial charge in [0.2, 0.25) is 0 Å². The zero-order valence-corrected chi connectivity index (χ0v) is 20.9. The second-order valence-electron chi connectivity index (χ2n) is 8.14. The Labute approximate surface area is 194 Å². The van der Waals surface area contributed by atoms with E-state index in [4.69, 9.17) is 4.74 Å². The van der Waals surface area contributed by atoms with Gasteiger partial charge in [-0.25, -0.2) is 0 Å². The Kier molecular flexibility index (Phi) is 10.2. The molecule has 0 radical (unpaired) electrons. The van der Waals surface area contributed by atoms with Gasteiger partial charge < -0.3 is 15.0 Å². The summed E-state index contributed by atoms with van der Waals surface area (Å²) in [6.07, 6.45) is 3.74. The van der Waals surface area contributed by atoms with E-state index in [0.29, 0.717) is 12.0 Å². The van der Waals surface area contributed by atoms with Crippen molar-refractivity contribution in [3.05, 3.63) is 35.4 Å². The minimum absolute atomic E-state index is 0. The van der Waals surface area contributed by atoms with Crippen molar-refractivity contribution in [1.29, 1.82) is 0 Å². The molecule has 0 bridgehead atoms. The molecule has 0 saturated carbocycles. The molecule has 29 heavy (non-hydrogen) atoms. The molecule has 3 atom stereocenters. The van der Waals surface area contributed by atoms with E-state index in [0.717, 1.165) is 51.7 Å². The molecular formula is C23H39IN4O. The molecule has 6 heteroatoms. The van der Waals surface area contributed by atoms with Crippen LogP contribution in [0.4, 0.5) is 0 Å². The normalized spacial score (nSPS) is 25.2. The molecule has 0 aromatic heterocycles. The van der Waals surface area contributed by atoms with Crippen LogP contribution in [0.3, 0.4) is 0 Å². The third kappa shape index (κ3) is 6.31. The van der Waals surface area contributed by atoms with Crippen LogP contribution in [0.5, 0.6) is 0 Å². The Morgan fingerprint density at radius 1 is 1.21 bits per heavy atom. The molecule has 1 N–H and O–H groups in total. The molecular weight excluding hydrogens is 475 g/mol. The van der Waals surface area contributed by atoms with Gasteiger partial charge in [0.05, 0.1) is 6.10 Å². The van der Waals surface area contributed by atoms with E-state index in [1.807, 2.05) is 7.05 Å². The standard InChI is InChI=1S/C23H38N4O.HI/c1-5-26(6-2)21-13-14-27(17-21)23(24-4)25-16-20-8-7-15-28-22(20)19-11-9-18(3)10-12-19;/h9-12,20-22H,5-8,13-17H2,1-4H3,(H,24,25);1H. The van der Waals surface area contributed by atoms with Crippen LogP contribution < -0.4 is 5.32 Å². The van der Waals surface area contributed by atoms with E-state index in [-0.39, 0.29) is 30.1 Å². The van der Waals surface area contributed by atoms with Crippen LogP contribution in [0, 0.1) is 12.8 Å². The lowest BCUT2D eigenvalue weighted by Gasteiger charge is -2.33. The molecule has 0 spiro atoms. The summed E-state index contributed by atoms with van der Waals surface area (Å²) in [5.41, 5.74) is 2.60. The fourth-order valence-corrected chi connectivity index (χ4v) is 4.70. The molecule has 164 valence electrons. The van der Waals surface area contributed by atoms with Gasteiger partial charge in [-0.1, -0.05) is 43.7 Å². The molecule has 0 amide bonds. The molecule has 1 aromatic carbocycles. The van der Waals surface area contributed by atoms with Crippen molar-refractivity contribution in [2.24, 2.45) is 10.9 Å². The van der Waals surface area contributed by atoms with Crippen LogP contribution in [0.2, 0.25) is 0 Å². The predicted molar refractivity (Wildman–Crippen MR) is 132 cm³/mol. The molecule has 3 rings (SSSR count). The molecule has 2 fully saturated rings.